The number of aliphatic hydroxyl groups is 1. The van der Waals surface area contributed by atoms with Gasteiger partial charge in [-0.1, -0.05) is 87.7 Å². The van der Waals surface area contributed by atoms with Crippen LogP contribution in [0.5, 0.6) is 0 Å². The molecule has 0 saturated heterocycles. The highest BCUT2D eigenvalue weighted by molar-refractivity contribution is 5.86. The quantitative estimate of drug-likeness (QED) is 0.155. The number of ether oxygens (including phenoxy) is 1. The molecule has 3 heteroatoms. The lowest BCUT2D eigenvalue weighted by Gasteiger charge is -2.38. The average Bonchev–Trinajstić information content (AvgIpc) is 3.00. The molecule has 2 aromatic rings. The molecule has 2 aliphatic carbocycles. The summed E-state index contributed by atoms with van der Waals surface area (Å²) < 4.78 is 5.31. The fraction of sp³-hybridized carbons (Fsp3) is 0.595. The zero-order valence-electron chi connectivity index (χ0n) is 25.1. The molecule has 1 N–H and O–H groups in total. The van der Waals surface area contributed by atoms with Gasteiger partial charge in [0, 0.05) is 18.1 Å². The van der Waals surface area contributed by atoms with Crippen LogP contribution in [0.3, 0.4) is 0 Å². The number of unbranched alkanes of at least 4 members (excludes halogenated alkanes) is 2. The molecule has 1 unspecified atom stereocenters. The highest BCUT2D eigenvalue weighted by Crippen LogP contribution is 2.45. The Labute approximate surface area is 243 Å². The summed E-state index contributed by atoms with van der Waals surface area (Å²) in [7, 11) is 0. The Morgan fingerprint density at radius 3 is 2.00 bits per heavy atom. The van der Waals surface area contributed by atoms with Gasteiger partial charge in [-0.05, 0) is 111 Å². The van der Waals surface area contributed by atoms with Gasteiger partial charge in [0.1, 0.15) is 0 Å². The molecule has 1 atom stereocenters. The van der Waals surface area contributed by atoms with Gasteiger partial charge in [-0.25, -0.2) is 4.79 Å². The fourth-order valence-electron chi connectivity index (χ4n) is 7.19. The first-order valence-electron chi connectivity index (χ1n) is 16.1. The molecule has 2 aromatic carbocycles. The first kappa shape index (κ1) is 30.6. The monoisotopic (exact) mass is 544 g/mol. The van der Waals surface area contributed by atoms with Crippen LogP contribution in [0.2, 0.25) is 0 Å². The van der Waals surface area contributed by atoms with Crippen LogP contribution < -0.4 is 0 Å². The lowest BCUT2D eigenvalue weighted by atomic mass is 9.67. The number of benzene rings is 2. The molecule has 3 nitrogen and oxygen atoms in total. The van der Waals surface area contributed by atoms with Crippen molar-refractivity contribution in [2.24, 2.45) is 23.7 Å². The van der Waals surface area contributed by atoms with Crippen molar-refractivity contribution in [2.45, 2.75) is 103 Å². The second-order valence-electron chi connectivity index (χ2n) is 12.8. The zero-order chi connectivity index (χ0) is 28.3. The van der Waals surface area contributed by atoms with Crippen LogP contribution in [0.15, 0.2) is 60.7 Å². The summed E-state index contributed by atoms with van der Waals surface area (Å²) in [5.74, 6) is 2.77. The van der Waals surface area contributed by atoms with E-state index in [1.807, 2.05) is 0 Å². The minimum atomic E-state index is -0.350. The van der Waals surface area contributed by atoms with Gasteiger partial charge < -0.3 is 9.84 Å². The lowest BCUT2D eigenvalue weighted by molar-refractivity contribution is -0.140. The molecule has 0 amide bonds. The van der Waals surface area contributed by atoms with E-state index in [0.29, 0.717) is 24.0 Å². The van der Waals surface area contributed by atoms with Crippen molar-refractivity contribution in [3.63, 3.8) is 0 Å². The van der Waals surface area contributed by atoms with Gasteiger partial charge in [-0.3, -0.25) is 0 Å². The van der Waals surface area contributed by atoms with Crippen molar-refractivity contribution in [3.8, 4) is 11.1 Å². The number of hydrogen-bond donors (Lipinski definition) is 1. The van der Waals surface area contributed by atoms with Crippen molar-refractivity contribution in [1.82, 2.24) is 0 Å². The first-order valence-corrected chi connectivity index (χ1v) is 16.1. The molecule has 218 valence electrons. The third kappa shape index (κ3) is 8.80. The van der Waals surface area contributed by atoms with Crippen LogP contribution >= 0.6 is 0 Å². The molecule has 2 aliphatic rings. The summed E-state index contributed by atoms with van der Waals surface area (Å²) in [6.45, 7) is 7.95. The van der Waals surface area contributed by atoms with Crippen molar-refractivity contribution >= 4 is 5.97 Å². The van der Waals surface area contributed by atoms with Crippen LogP contribution in [0.1, 0.15) is 108 Å². The highest BCUT2D eigenvalue weighted by Gasteiger charge is 2.32. The Hall–Kier alpha value is -2.39. The fourth-order valence-corrected chi connectivity index (χ4v) is 7.19. The van der Waals surface area contributed by atoms with Gasteiger partial charge in [-0.2, -0.15) is 0 Å². The summed E-state index contributed by atoms with van der Waals surface area (Å²) in [6, 6.07) is 18.6. The maximum Gasteiger partial charge on any atom is 0.333 e. The Kier molecular flexibility index (Phi) is 11.9. The van der Waals surface area contributed by atoms with Crippen molar-refractivity contribution in [3.05, 3.63) is 71.8 Å². The Morgan fingerprint density at radius 1 is 0.875 bits per heavy atom. The molecule has 0 aliphatic heterocycles. The summed E-state index contributed by atoms with van der Waals surface area (Å²) in [6.07, 6.45) is 16.5. The lowest BCUT2D eigenvalue weighted by Crippen LogP contribution is -2.27. The van der Waals surface area contributed by atoms with Crippen molar-refractivity contribution in [1.29, 1.82) is 0 Å². The second-order valence-corrected chi connectivity index (χ2v) is 12.8. The van der Waals surface area contributed by atoms with Crippen molar-refractivity contribution < 1.29 is 14.6 Å². The largest absolute Gasteiger partial charge is 0.462 e. The van der Waals surface area contributed by atoms with Crippen LogP contribution in [-0.4, -0.2) is 24.3 Å². The molecule has 0 aromatic heterocycles. The smallest absolute Gasteiger partial charge is 0.333 e. The molecule has 2 fully saturated rings. The molecule has 4 rings (SSSR count). The minimum Gasteiger partial charge on any atom is -0.462 e. The molecule has 0 heterocycles. The number of aryl methyl sites for hydroxylation is 1. The molecular weight excluding hydrogens is 492 g/mol. The molecule has 0 spiro atoms. The Bertz CT molecular complexity index is 1040. The maximum atomic E-state index is 11.7. The number of hydrogen-bond acceptors (Lipinski definition) is 3. The summed E-state index contributed by atoms with van der Waals surface area (Å²) >= 11 is 0. The van der Waals surface area contributed by atoms with Gasteiger partial charge >= 0.3 is 5.97 Å². The van der Waals surface area contributed by atoms with Gasteiger partial charge in [0.15, 0.2) is 0 Å². The molecule has 0 bridgehead atoms. The molecule has 2 saturated carbocycles. The van der Waals surface area contributed by atoms with E-state index in [2.05, 4.69) is 62.0 Å². The van der Waals surface area contributed by atoms with Crippen LogP contribution in [0.25, 0.3) is 11.1 Å². The number of carbonyl (C=O) groups is 1. The van der Waals surface area contributed by atoms with Gasteiger partial charge in [0.2, 0.25) is 0 Å². The zero-order valence-corrected chi connectivity index (χ0v) is 25.1. The molecule has 0 radical (unpaired) electrons. The first-order chi connectivity index (χ1) is 19.5. The SMILES string of the molecule is C=C(C)C(=O)OCC(CO)CC1CCC(C2CCC(c3ccc(-c4ccc(CCCCC)cc4)cc3)CC2)CC1. The van der Waals surface area contributed by atoms with Crippen LogP contribution in [-0.2, 0) is 16.0 Å². The van der Waals surface area contributed by atoms with E-state index in [1.165, 1.54) is 99.3 Å². The normalized spacial score (nSPS) is 23.9. The highest BCUT2D eigenvalue weighted by atomic mass is 16.5. The van der Waals surface area contributed by atoms with E-state index in [1.54, 1.807) is 6.92 Å². The summed E-state index contributed by atoms with van der Waals surface area (Å²) in [5.41, 5.74) is 6.04. The standard InChI is InChI=1S/C37H52O3/c1-4-5-6-7-28-8-12-31(13-9-28)33-16-20-35(21-17-33)36-22-18-34(19-23-36)32-14-10-29(11-15-32)24-30(25-38)26-40-37(39)27(2)3/h8-9,12-13,16-17,20-21,29-30,32,34,36,38H,2,4-7,10-11,14-15,18-19,22-26H2,1,3H3. The third-order valence-corrected chi connectivity index (χ3v) is 9.79. The topological polar surface area (TPSA) is 46.5 Å². The van der Waals surface area contributed by atoms with E-state index in [0.717, 1.165) is 18.3 Å². The summed E-state index contributed by atoms with van der Waals surface area (Å²) in [4.78, 5) is 11.7. The second kappa shape index (κ2) is 15.6. The van der Waals surface area contributed by atoms with E-state index in [4.69, 9.17) is 4.74 Å². The van der Waals surface area contributed by atoms with Gasteiger partial charge in [0.05, 0.1) is 6.61 Å². The van der Waals surface area contributed by atoms with Crippen LogP contribution in [0, 0.1) is 23.7 Å². The molecule has 40 heavy (non-hydrogen) atoms. The van der Waals surface area contributed by atoms with E-state index >= 15 is 0 Å². The van der Waals surface area contributed by atoms with Gasteiger partial charge in [-0.15, -0.1) is 0 Å². The number of rotatable bonds is 13. The molecular formula is C37H52O3. The Balaban J connectivity index is 1.19. The van der Waals surface area contributed by atoms with Gasteiger partial charge in [0.25, 0.3) is 0 Å². The van der Waals surface area contributed by atoms with Crippen LogP contribution in [0.4, 0.5) is 0 Å². The predicted molar refractivity (Wildman–Crippen MR) is 166 cm³/mol. The average molecular weight is 545 g/mol. The van der Waals surface area contributed by atoms with E-state index in [-0.39, 0.29) is 18.5 Å². The number of aliphatic hydroxyl groups excluding tert-OH is 1. The maximum absolute atomic E-state index is 11.7. The van der Waals surface area contributed by atoms with E-state index in [9.17, 15) is 9.90 Å². The van der Waals surface area contributed by atoms with Crippen molar-refractivity contribution in [2.75, 3.05) is 13.2 Å². The predicted octanol–water partition coefficient (Wildman–Crippen LogP) is 9.28. The third-order valence-electron chi connectivity index (χ3n) is 9.79. The Morgan fingerprint density at radius 2 is 1.45 bits per heavy atom. The van der Waals surface area contributed by atoms with E-state index < -0.39 is 0 Å². The number of esters is 1. The minimum absolute atomic E-state index is 0.0431. The number of carbonyl (C=O) groups excluding carboxylic acids is 1. The summed E-state index contributed by atoms with van der Waals surface area (Å²) in [5, 5.41) is 9.79.